The number of benzene rings is 3. The number of rotatable bonds is 6. The summed E-state index contributed by atoms with van der Waals surface area (Å²) in [5.74, 6) is 0.707. The molecule has 1 amide bonds. The lowest BCUT2D eigenvalue weighted by Gasteiger charge is -2.14. The number of thioether (sulfide) groups is 1. The van der Waals surface area contributed by atoms with Crippen molar-refractivity contribution >= 4 is 23.4 Å². The van der Waals surface area contributed by atoms with Gasteiger partial charge < -0.3 is 10.4 Å². The van der Waals surface area contributed by atoms with Gasteiger partial charge >= 0.3 is 0 Å². The predicted octanol–water partition coefficient (Wildman–Crippen LogP) is 5.30. The number of phenols is 1. The first-order chi connectivity index (χ1) is 15.4. The van der Waals surface area contributed by atoms with Crippen molar-refractivity contribution in [1.29, 1.82) is 0 Å². The first-order valence-corrected chi connectivity index (χ1v) is 11.2. The van der Waals surface area contributed by atoms with E-state index in [4.69, 9.17) is 0 Å². The van der Waals surface area contributed by atoms with E-state index in [1.165, 1.54) is 11.8 Å². The normalized spacial score (nSPS) is 10.8. The highest BCUT2D eigenvalue weighted by Crippen LogP contribution is 2.33. The van der Waals surface area contributed by atoms with E-state index < -0.39 is 0 Å². The Morgan fingerprint density at radius 3 is 2.47 bits per heavy atom. The maximum atomic E-state index is 12.6. The Labute approximate surface area is 191 Å². The molecule has 0 saturated heterocycles. The number of para-hydroxylation sites is 2. The highest BCUT2D eigenvalue weighted by atomic mass is 32.2. The molecule has 32 heavy (non-hydrogen) atoms. The van der Waals surface area contributed by atoms with Crippen molar-refractivity contribution in [3.05, 3.63) is 83.4 Å². The quantitative estimate of drug-likeness (QED) is 0.395. The summed E-state index contributed by atoms with van der Waals surface area (Å²) in [6.07, 6.45) is 0. The highest BCUT2D eigenvalue weighted by molar-refractivity contribution is 7.99. The number of carbonyl (C=O) groups excluding carboxylic acids is 1. The first-order valence-electron chi connectivity index (χ1n) is 10.2. The molecule has 0 bridgehead atoms. The molecule has 6 nitrogen and oxygen atoms in total. The Balaban J connectivity index is 1.67. The zero-order valence-corrected chi connectivity index (χ0v) is 19.0. The summed E-state index contributed by atoms with van der Waals surface area (Å²) in [6.45, 7) is 6.02. The number of amides is 1. The highest BCUT2D eigenvalue weighted by Gasteiger charge is 2.20. The van der Waals surface area contributed by atoms with Crippen molar-refractivity contribution in [1.82, 2.24) is 14.8 Å². The fraction of sp³-hybridized carbons (Fsp3) is 0.160. The Bertz CT molecular complexity index is 1280. The SMILES string of the molecule is Cc1ccc(-n2c(SCC(=O)Nc3ccccc3C)nnc2-c2ccccc2O)c(C)c1. The number of phenolic OH excluding ortho intramolecular Hbond substituents is 1. The maximum Gasteiger partial charge on any atom is 0.234 e. The number of aromatic hydroxyl groups is 1. The third kappa shape index (κ3) is 4.53. The van der Waals surface area contributed by atoms with Gasteiger partial charge in [-0.2, -0.15) is 0 Å². The minimum absolute atomic E-state index is 0.122. The number of nitrogens with one attached hydrogen (secondary N) is 1. The molecule has 1 heterocycles. The minimum Gasteiger partial charge on any atom is -0.507 e. The molecule has 4 rings (SSSR count). The Morgan fingerprint density at radius 2 is 1.72 bits per heavy atom. The second-order valence-corrected chi connectivity index (χ2v) is 8.54. The van der Waals surface area contributed by atoms with Gasteiger partial charge in [-0.15, -0.1) is 10.2 Å². The molecular formula is C25H24N4O2S. The topological polar surface area (TPSA) is 80.0 Å². The van der Waals surface area contributed by atoms with Crippen LogP contribution >= 0.6 is 11.8 Å². The van der Waals surface area contributed by atoms with Crippen molar-refractivity contribution in [3.63, 3.8) is 0 Å². The Hall–Kier alpha value is -3.58. The van der Waals surface area contributed by atoms with E-state index in [1.807, 2.05) is 67.8 Å². The van der Waals surface area contributed by atoms with Crippen molar-refractivity contribution < 1.29 is 9.90 Å². The number of carbonyl (C=O) groups is 1. The summed E-state index contributed by atoms with van der Waals surface area (Å²) in [5.41, 5.74) is 5.48. The van der Waals surface area contributed by atoms with Crippen LogP contribution < -0.4 is 5.32 Å². The van der Waals surface area contributed by atoms with E-state index in [1.54, 1.807) is 18.2 Å². The first kappa shape index (κ1) is 21.6. The summed E-state index contributed by atoms with van der Waals surface area (Å²) < 4.78 is 1.90. The Kier molecular flexibility index (Phi) is 6.28. The average molecular weight is 445 g/mol. The number of aryl methyl sites for hydroxylation is 3. The van der Waals surface area contributed by atoms with Crippen LogP contribution in [-0.2, 0) is 4.79 Å². The van der Waals surface area contributed by atoms with Gasteiger partial charge in [-0.3, -0.25) is 9.36 Å². The van der Waals surface area contributed by atoms with Gasteiger partial charge in [0.25, 0.3) is 0 Å². The number of aromatic nitrogens is 3. The van der Waals surface area contributed by atoms with Crippen molar-refractivity contribution in [2.45, 2.75) is 25.9 Å². The standard InChI is InChI=1S/C25H24N4O2S/c1-16-12-13-21(18(3)14-16)29-24(19-9-5-7-11-22(19)30)27-28-25(29)32-15-23(31)26-20-10-6-4-8-17(20)2/h4-14,30H,15H2,1-3H3,(H,26,31). The van der Waals surface area contributed by atoms with Crippen LogP contribution in [-0.4, -0.2) is 31.5 Å². The van der Waals surface area contributed by atoms with E-state index in [9.17, 15) is 9.90 Å². The fourth-order valence-corrected chi connectivity index (χ4v) is 4.25. The van der Waals surface area contributed by atoms with E-state index in [0.29, 0.717) is 16.5 Å². The van der Waals surface area contributed by atoms with Crippen LogP contribution in [0, 0.1) is 20.8 Å². The van der Waals surface area contributed by atoms with Gasteiger partial charge in [0, 0.05) is 5.69 Å². The molecule has 1 aromatic heterocycles. The van der Waals surface area contributed by atoms with Crippen molar-refractivity contribution in [2.24, 2.45) is 0 Å². The maximum absolute atomic E-state index is 12.6. The van der Waals surface area contributed by atoms with Gasteiger partial charge in [0.1, 0.15) is 5.75 Å². The molecule has 3 aromatic carbocycles. The second kappa shape index (κ2) is 9.28. The van der Waals surface area contributed by atoms with E-state index in [-0.39, 0.29) is 17.4 Å². The lowest BCUT2D eigenvalue weighted by molar-refractivity contribution is -0.113. The van der Waals surface area contributed by atoms with Gasteiger partial charge in [-0.1, -0.05) is 59.8 Å². The number of anilines is 1. The molecule has 0 radical (unpaired) electrons. The lowest BCUT2D eigenvalue weighted by Crippen LogP contribution is -2.15. The molecule has 0 aliphatic heterocycles. The molecule has 2 N–H and O–H groups in total. The number of hydrogen-bond acceptors (Lipinski definition) is 5. The molecule has 0 saturated carbocycles. The summed E-state index contributed by atoms with van der Waals surface area (Å²) in [4.78, 5) is 12.6. The molecule has 0 aliphatic rings. The molecule has 7 heteroatoms. The van der Waals surface area contributed by atoms with Crippen LogP contribution in [0.15, 0.2) is 71.9 Å². The zero-order chi connectivity index (χ0) is 22.7. The third-order valence-corrected chi connectivity index (χ3v) is 6.05. The lowest BCUT2D eigenvalue weighted by atomic mass is 10.1. The molecule has 162 valence electrons. The summed E-state index contributed by atoms with van der Waals surface area (Å²) in [7, 11) is 0. The van der Waals surface area contributed by atoms with E-state index in [2.05, 4.69) is 21.6 Å². The van der Waals surface area contributed by atoms with Gasteiger partial charge in [0.05, 0.1) is 17.0 Å². The van der Waals surface area contributed by atoms with Crippen LogP contribution in [0.1, 0.15) is 16.7 Å². The molecule has 0 aliphatic carbocycles. The van der Waals surface area contributed by atoms with Gasteiger partial charge in [-0.25, -0.2) is 0 Å². The van der Waals surface area contributed by atoms with Gasteiger partial charge in [-0.05, 0) is 56.2 Å². The van der Waals surface area contributed by atoms with Crippen LogP contribution in [0.25, 0.3) is 17.1 Å². The van der Waals surface area contributed by atoms with Crippen molar-refractivity contribution in [3.8, 4) is 22.8 Å². The van der Waals surface area contributed by atoms with Crippen LogP contribution in [0.4, 0.5) is 5.69 Å². The van der Waals surface area contributed by atoms with Crippen LogP contribution in [0.2, 0.25) is 0 Å². The fourth-order valence-electron chi connectivity index (χ4n) is 3.50. The summed E-state index contributed by atoms with van der Waals surface area (Å²) in [5, 5.41) is 22.7. The van der Waals surface area contributed by atoms with E-state index in [0.717, 1.165) is 28.1 Å². The molecule has 0 spiro atoms. The molecule has 0 unspecified atom stereocenters. The number of nitrogens with zero attached hydrogens (tertiary/aromatic N) is 3. The van der Waals surface area contributed by atoms with Gasteiger partial charge in [0.2, 0.25) is 5.91 Å². The molecular weight excluding hydrogens is 420 g/mol. The average Bonchev–Trinajstić information content (AvgIpc) is 3.18. The largest absolute Gasteiger partial charge is 0.507 e. The second-order valence-electron chi connectivity index (χ2n) is 7.60. The van der Waals surface area contributed by atoms with Gasteiger partial charge in [0.15, 0.2) is 11.0 Å². The monoisotopic (exact) mass is 444 g/mol. The van der Waals surface area contributed by atoms with Crippen LogP contribution in [0.3, 0.4) is 0 Å². The zero-order valence-electron chi connectivity index (χ0n) is 18.2. The molecule has 0 atom stereocenters. The third-order valence-electron chi connectivity index (χ3n) is 5.12. The smallest absolute Gasteiger partial charge is 0.234 e. The minimum atomic E-state index is -0.122. The van der Waals surface area contributed by atoms with Crippen molar-refractivity contribution in [2.75, 3.05) is 11.1 Å². The summed E-state index contributed by atoms with van der Waals surface area (Å²) >= 11 is 1.31. The van der Waals surface area contributed by atoms with Crippen LogP contribution in [0.5, 0.6) is 5.75 Å². The van der Waals surface area contributed by atoms with E-state index >= 15 is 0 Å². The predicted molar refractivity (Wildman–Crippen MR) is 128 cm³/mol. The number of hydrogen-bond donors (Lipinski definition) is 2. The molecule has 0 fully saturated rings. The summed E-state index contributed by atoms with van der Waals surface area (Å²) in [6, 6.07) is 20.8. The Morgan fingerprint density at radius 1 is 0.969 bits per heavy atom. The molecule has 4 aromatic rings.